The number of nitrogens with zero attached hydrogens (tertiary/aromatic N) is 2. The molecule has 6 nitrogen and oxygen atoms in total. The van der Waals surface area contributed by atoms with Gasteiger partial charge in [0.1, 0.15) is 5.69 Å². The summed E-state index contributed by atoms with van der Waals surface area (Å²) < 4.78 is 5.46. The third kappa shape index (κ3) is 4.75. The number of carbonyl (C=O) groups is 1. The molecule has 2 aromatic heterocycles. The van der Waals surface area contributed by atoms with Gasteiger partial charge in [0.25, 0.3) is 5.91 Å². The quantitative estimate of drug-likeness (QED) is 0.563. The van der Waals surface area contributed by atoms with Crippen LogP contribution in [0.2, 0.25) is 0 Å². The largest absolute Gasteiger partial charge is 0.396 e. The van der Waals surface area contributed by atoms with Crippen LogP contribution in [0, 0.1) is 11.8 Å². The van der Waals surface area contributed by atoms with Crippen LogP contribution in [0.15, 0.2) is 30.3 Å². The van der Waals surface area contributed by atoms with E-state index < -0.39 is 0 Å². The molecule has 1 atom stereocenters. The summed E-state index contributed by atoms with van der Waals surface area (Å²) in [5, 5.41) is 12.1. The molecular weight excluding hydrogens is 422 g/mol. The zero-order valence-corrected chi connectivity index (χ0v) is 19.2. The second kappa shape index (κ2) is 9.73. The highest BCUT2D eigenvalue weighted by Gasteiger charge is 2.26. The molecule has 2 aliphatic rings. The van der Waals surface area contributed by atoms with Crippen molar-refractivity contribution < 1.29 is 14.6 Å². The number of H-pyrrole nitrogens is 1. The maximum absolute atomic E-state index is 13.1. The van der Waals surface area contributed by atoms with Crippen molar-refractivity contribution in [1.82, 2.24) is 14.9 Å². The van der Waals surface area contributed by atoms with E-state index in [1.807, 2.05) is 35.2 Å². The number of aliphatic hydroxyl groups is 1. The van der Waals surface area contributed by atoms with Crippen LogP contribution in [-0.2, 0) is 24.1 Å². The molecule has 0 radical (unpaired) electrons. The summed E-state index contributed by atoms with van der Waals surface area (Å²) in [6.45, 7) is 3.29. The fraction of sp³-hybridized carbons (Fsp3) is 0.520. The second-order valence-electron chi connectivity index (χ2n) is 9.10. The van der Waals surface area contributed by atoms with E-state index in [0.717, 1.165) is 73.3 Å². The average Bonchev–Trinajstić information content (AvgIpc) is 3.45. The molecule has 0 aliphatic carbocycles. The van der Waals surface area contributed by atoms with Crippen molar-refractivity contribution in [2.45, 2.75) is 45.1 Å². The Bertz CT molecular complexity index is 1040. The van der Waals surface area contributed by atoms with Gasteiger partial charge in [0.05, 0.1) is 17.2 Å². The number of amides is 1. The minimum absolute atomic E-state index is 0.0543. The molecule has 0 saturated carbocycles. The number of nitrogens with one attached hydrogen (secondary N) is 1. The Hall–Kier alpha value is -2.22. The standard InChI is InChI=1S/C25H31N3O3S/c29-16-18(13-17-8-11-31-12-9-17)5-6-24-27-21-7-10-28(15-23(21)32-24)25(30)22-14-19-3-1-2-4-20(19)26-22/h1-4,14,17-18,26,29H,5-13,15-16H2. The number of carbonyl (C=O) groups excluding carboxylic acids is 1. The first kappa shape index (κ1) is 21.6. The van der Waals surface area contributed by atoms with Crippen molar-refractivity contribution in [1.29, 1.82) is 0 Å². The van der Waals surface area contributed by atoms with E-state index in [4.69, 9.17) is 9.72 Å². The Balaban J connectivity index is 1.19. The smallest absolute Gasteiger partial charge is 0.270 e. The summed E-state index contributed by atoms with van der Waals surface area (Å²) in [7, 11) is 0. The van der Waals surface area contributed by atoms with Crippen molar-refractivity contribution in [3.05, 3.63) is 51.6 Å². The fourth-order valence-corrected chi connectivity index (χ4v) is 6.10. The molecule has 1 amide bonds. The lowest BCUT2D eigenvalue weighted by Crippen LogP contribution is -2.35. The minimum atomic E-state index is 0.0543. The topological polar surface area (TPSA) is 78.5 Å². The van der Waals surface area contributed by atoms with E-state index in [2.05, 4.69) is 4.98 Å². The molecule has 5 rings (SSSR count). The summed E-state index contributed by atoms with van der Waals surface area (Å²) in [4.78, 5) is 24.3. The van der Waals surface area contributed by atoms with Crippen molar-refractivity contribution in [3.63, 3.8) is 0 Å². The molecular formula is C25H31N3O3S. The van der Waals surface area contributed by atoms with Gasteiger partial charge in [-0.25, -0.2) is 4.98 Å². The molecule has 1 aromatic carbocycles. The van der Waals surface area contributed by atoms with Gasteiger partial charge in [-0.3, -0.25) is 4.79 Å². The monoisotopic (exact) mass is 453 g/mol. The van der Waals surface area contributed by atoms with Crippen molar-refractivity contribution in [2.75, 3.05) is 26.4 Å². The Morgan fingerprint density at radius 1 is 1.31 bits per heavy atom. The van der Waals surface area contributed by atoms with E-state index in [0.29, 0.717) is 30.6 Å². The number of benzene rings is 1. The van der Waals surface area contributed by atoms with Gasteiger partial charge in [0.2, 0.25) is 0 Å². The number of fused-ring (bicyclic) bond motifs is 2. The maximum atomic E-state index is 13.1. The molecule has 2 aliphatic heterocycles. The minimum Gasteiger partial charge on any atom is -0.396 e. The number of aliphatic hydroxyl groups excluding tert-OH is 1. The van der Waals surface area contributed by atoms with E-state index in [1.54, 1.807) is 11.3 Å². The summed E-state index contributed by atoms with van der Waals surface area (Å²) in [6.07, 6.45) is 5.99. The summed E-state index contributed by atoms with van der Waals surface area (Å²) in [6, 6.07) is 9.93. The highest BCUT2D eigenvalue weighted by atomic mass is 32.1. The number of aryl methyl sites for hydroxylation is 1. The van der Waals surface area contributed by atoms with Gasteiger partial charge in [0, 0.05) is 48.6 Å². The lowest BCUT2D eigenvalue weighted by atomic mass is 9.87. The zero-order valence-electron chi connectivity index (χ0n) is 18.4. The number of para-hydroxylation sites is 1. The molecule has 7 heteroatoms. The molecule has 0 bridgehead atoms. The van der Waals surface area contributed by atoms with Crippen LogP contribution in [0.4, 0.5) is 0 Å². The molecule has 170 valence electrons. The first-order valence-corrected chi connectivity index (χ1v) is 12.5. The number of aromatic nitrogens is 2. The SMILES string of the molecule is O=C(c1cc2ccccc2[nH]1)N1CCc2nc(CCC(CO)CC3CCOCC3)sc2C1. The second-order valence-corrected chi connectivity index (χ2v) is 10.3. The van der Waals surface area contributed by atoms with Crippen LogP contribution < -0.4 is 0 Å². The number of thiazole rings is 1. The summed E-state index contributed by atoms with van der Waals surface area (Å²) >= 11 is 1.74. The van der Waals surface area contributed by atoms with E-state index >= 15 is 0 Å². The molecule has 2 N–H and O–H groups in total. The molecule has 4 heterocycles. The predicted molar refractivity (Wildman–Crippen MR) is 126 cm³/mol. The lowest BCUT2D eigenvalue weighted by Gasteiger charge is -2.25. The lowest BCUT2D eigenvalue weighted by molar-refractivity contribution is 0.0532. The first-order valence-electron chi connectivity index (χ1n) is 11.7. The van der Waals surface area contributed by atoms with Gasteiger partial charge < -0.3 is 19.7 Å². The number of hydrogen-bond acceptors (Lipinski definition) is 5. The van der Waals surface area contributed by atoms with Gasteiger partial charge >= 0.3 is 0 Å². The van der Waals surface area contributed by atoms with Gasteiger partial charge in [0.15, 0.2) is 0 Å². The van der Waals surface area contributed by atoms with Gasteiger partial charge in [-0.05, 0) is 56.1 Å². The molecule has 1 unspecified atom stereocenters. The molecule has 0 spiro atoms. The van der Waals surface area contributed by atoms with Crippen LogP contribution in [0.25, 0.3) is 10.9 Å². The van der Waals surface area contributed by atoms with Crippen LogP contribution in [-0.4, -0.2) is 52.2 Å². The third-order valence-corrected chi connectivity index (χ3v) is 8.00. The third-order valence-electron chi connectivity index (χ3n) is 6.86. The molecule has 3 aromatic rings. The number of hydrogen-bond donors (Lipinski definition) is 2. The zero-order chi connectivity index (χ0) is 21.9. The highest BCUT2D eigenvalue weighted by Crippen LogP contribution is 2.30. The molecule has 1 fully saturated rings. The predicted octanol–water partition coefficient (Wildman–Crippen LogP) is 4.18. The fourth-order valence-electron chi connectivity index (χ4n) is 4.95. The van der Waals surface area contributed by atoms with Crippen molar-refractivity contribution >= 4 is 28.1 Å². The summed E-state index contributed by atoms with van der Waals surface area (Å²) in [5.74, 6) is 1.06. The Kier molecular flexibility index (Phi) is 6.57. The molecule has 32 heavy (non-hydrogen) atoms. The molecule has 1 saturated heterocycles. The van der Waals surface area contributed by atoms with Crippen LogP contribution in [0.5, 0.6) is 0 Å². The highest BCUT2D eigenvalue weighted by molar-refractivity contribution is 7.11. The van der Waals surface area contributed by atoms with Crippen LogP contribution >= 0.6 is 11.3 Å². The summed E-state index contributed by atoms with van der Waals surface area (Å²) in [5.41, 5.74) is 2.79. The number of rotatable bonds is 7. The van der Waals surface area contributed by atoms with Gasteiger partial charge in [-0.15, -0.1) is 11.3 Å². The van der Waals surface area contributed by atoms with E-state index in [-0.39, 0.29) is 12.5 Å². The normalized spacial score (nSPS) is 18.1. The maximum Gasteiger partial charge on any atom is 0.270 e. The number of aromatic amines is 1. The Morgan fingerprint density at radius 2 is 2.16 bits per heavy atom. The average molecular weight is 454 g/mol. The van der Waals surface area contributed by atoms with Crippen LogP contribution in [0.3, 0.4) is 0 Å². The number of ether oxygens (including phenoxy) is 1. The first-order chi connectivity index (χ1) is 15.7. The van der Waals surface area contributed by atoms with Crippen molar-refractivity contribution in [3.8, 4) is 0 Å². The van der Waals surface area contributed by atoms with Gasteiger partial charge in [-0.2, -0.15) is 0 Å². The Labute approximate surface area is 192 Å². The van der Waals surface area contributed by atoms with E-state index in [1.165, 1.54) is 4.88 Å². The Morgan fingerprint density at radius 3 is 2.97 bits per heavy atom. The van der Waals surface area contributed by atoms with Crippen molar-refractivity contribution in [2.24, 2.45) is 11.8 Å². The van der Waals surface area contributed by atoms with E-state index in [9.17, 15) is 9.90 Å². The van der Waals surface area contributed by atoms with Gasteiger partial charge in [-0.1, -0.05) is 18.2 Å². The van der Waals surface area contributed by atoms with Crippen LogP contribution in [0.1, 0.15) is 51.8 Å².